The second-order valence-electron chi connectivity index (χ2n) is 5.08. The number of nitrogens with zero attached hydrogens (tertiary/aromatic N) is 2. The van der Waals surface area contributed by atoms with Gasteiger partial charge in [-0.2, -0.15) is 5.10 Å². The minimum atomic E-state index is 0.294. The quantitative estimate of drug-likeness (QED) is 0.843. The van der Waals surface area contributed by atoms with Gasteiger partial charge in [0, 0.05) is 31.5 Å². The Balaban J connectivity index is 2.14. The minimum Gasteiger partial charge on any atom is -0.385 e. The molecule has 0 saturated heterocycles. The number of hydrogen-bond acceptors (Lipinski definition) is 3. The Bertz CT molecular complexity index is 509. The van der Waals surface area contributed by atoms with Crippen molar-refractivity contribution in [2.45, 2.75) is 19.4 Å². The van der Waals surface area contributed by atoms with E-state index < -0.39 is 0 Å². The van der Waals surface area contributed by atoms with Crippen LogP contribution in [0.1, 0.15) is 24.9 Å². The van der Waals surface area contributed by atoms with E-state index in [9.17, 15) is 0 Å². The Morgan fingerprint density at radius 3 is 2.70 bits per heavy atom. The first-order valence-electron chi connectivity index (χ1n) is 7.02. The van der Waals surface area contributed by atoms with Crippen LogP contribution in [0.5, 0.6) is 0 Å². The van der Waals surface area contributed by atoms with Crippen LogP contribution in [0, 0.1) is 5.92 Å². The fraction of sp³-hybridized carbons (Fsp3) is 0.438. The molecule has 1 heterocycles. The van der Waals surface area contributed by atoms with Gasteiger partial charge in [-0.3, -0.25) is 0 Å². The molecule has 0 saturated carbocycles. The topological polar surface area (TPSA) is 39.1 Å². The maximum absolute atomic E-state index is 5.17. The van der Waals surface area contributed by atoms with Gasteiger partial charge in [-0.15, -0.1) is 0 Å². The summed E-state index contributed by atoms with van der Waals surface area (Å²) in [6, 6.07) is 10.5. The van der Waals surface area contributed by atoms with Crippen molar-refractivity contribution in [3.8, 4) is 5.69 Å². The Labute approximate surface area is 120 Å². The molecule has 1 aromatic heterocycles. The summed E-state index contributed by atoms with van der Waals surface area (Å²) in [6.07, 6.45) is 5.07. The summed E-state index contributed by atoms with van der Waals surface area (Å²) in [5, 5.41) is 7.85. The van der Waals surface area contributed by atoms with Crippen LogP contribution in [0.3, 0.4) is 0 Å². The molecule has 0 spiro atoms. The van der Waals surface area contributed by atoms with E-state index in [0.717, 1.165) is 18.7 Å². The van der Waals surface area contributed by atoms with E-state index in [-0.39, 0.29) is 0 Å². The lowest BCUT2D eigenvalue weighted by Crippen LogP contribution is -2.24. The third kappa shape index (κ3) is 3.46. The second kappa shape index (κ2) is 7.22. The molecule has 4 nitrogen and oxygen atoms in total. The molecule has 2 rings (SSSR count). The van der Waals surface area contributed by atoms with E-state index in [1.165, 1.54) is 5.56 Å². The van der Waals surface area contributed by atoms with Crippen LogP contribution in [0.25, 0.3) is 5.69 Å². The number of rotatable bonds is 7. The summed E-state index contributed by atoms with van der Waals surface area (Å²) in [5.74, 6) is 0.494. The third-order valence-corrected chi connectivity index (χ3v) is 3.64. The third-order valence-electron chi connectivity index (χ3n) is 3.64. The lowest BCUT2D eigenvalue weighted by molar-refractivity contribution is 0.171. The molecule has 1 aromatic carbocycles. The first-order valence-corrected chi connectivity index (χ1v) is 7.02. The summed E-state index contributed by atoms with van der Waals surface area (Å²) in [7, 11) is 3.74. The molecule has 0 aliphatic carbocycles. The standard InChI is InChI=1S/C16H23N3O/c1-13(9-10-20-3)16(17-2)14-11-18-19(12-14)15-7-5-4-6-8-15/h4-8,11-13,16-17H,9-10H2,1-3H3. The zero-order valence-corrected chi connectivity index (χ0v) is 12.4. The first-order chi connectivity index (χ1) is 9.76. The Kier molecular flexibility index (Phi) is 5.32. The molecular weight excluding hydrogens is 250 g/mol. The van der Waals surface area contributed by atoms with E-state index in [0.29, 0.717) is 12.0 Å². The van der Waals surface area contributed by atoms with E-state index in [4.69, 9.17) is 4.74 Å². The highest BCUT2D eigenvalue weighted by atomic mass is 16.5. The van der Waals surface area contributed by atoms with Gasteiger partial charge in [-0.05, 0) is 31.5 Å². The molecule has 0 radical (unpaired) electrons. The predicted octanol–water partition coefficient (Wildman–Crippen LogP) is 2.81. The SMILES string of the molecule is CNC(c1cnn(-c2ccccc2)c1)C(C)CCOC. The van der Waals surface area contributed by atoms with Gasteiger partial charge in [0.25, 0.3) is 0 Å². The normalized spacial score (nSPS) is 14.2. The molecule has 2 unspecified atom stereocenters. The van der Waals surface area contributed by atoms with Crippen LogP contribution in [0.15, 0.2) is 42.7 Å². The zero-order chi connectivity index (χ0) is 14.4. The Hall–Kier alpha value is -1.65. The molecule has 2 aromatic rings. The summed E-state index contributed by atoms with van der Waals surface area (Å²) in [5.41, 5.74) is 2.29. The fourth-order valence-electron chi connectivity index (χ4n) is 2.47. The maximum Gasteiger partial charge on any atom is 0.0645 e. The van der Waals surface area contributed by atoms with Crippen molar-refractivity contribution in [1.29, 1.82) is 0 Å². The van der Waals surface area contributed by atoms with Gasteiger partial charge in [-0.1, -0.05) is 25.1 Å². The Morgan fingerprint density at radius 1 is 1.30 bits per heavy atom. The van der Waals surface area contributed by atoms with Gasteiger partial charge in [0.2, 0.25) is 0 Å². The number of benzene rings is 1. The van der Waals surface area contributed by atoms with E-state index in [1.807, 2.05) is 36.1 Å². The smallest absolute Gasteiger partial charge is 0.0645 e. The average Bonchev–Trinajstić information content (AvgIpc) is 2.96. The van der Waals surface area contributed by atoms with Crippen molar-refractivity contribution < 1.29 is 4.74 Å². The Morgan fingerprint density at radius 2 is 2.05 bits per heavy atom. The molecule has 2 atom stereocenters. The number of aromatic nitrogens is 2. The average molecular weight is 273 g/mol. The van der Waals surface area contributed by atoms with Crippen LogP contribution in [-0.2, 0) is 4.74 Å². The summed E-state index contributed by atoms with van der Waals surface area (Å²) in [6.45, 7) is 3.02. The molecule has 4 heteroatoms. The van der Waals surface area contributed by atoms with Gasteiger partial charge in [0.1, 0.15) is 0 Å². The highest BCUT2D eigenvalue weighted by Crippen LogP contribution is 2.24. The predicted molar refractivity (Wildman–Crippen MR) is 81.0 cm³/mol. The van der Waals surface area contributed by atoms with Crippen LogP contribution in [0.4, 0.5) is 0 Å². The summed E-state index contributed by atoms with van der Waals surface area (Å²) >= 11 is 0. The monoisotopic (exact) mass is 273 g/mol. The number of ether oxygens (including phenoxy) is 1. The minimum absolute atomic E-state index is 0.294. The lowest BCUT2D eigenvalue weighted by Gasteiger charge is -2.22. The molecule has 108 valence electrons. The van der Waals surface area contributed by atoms with Crippen molar-refractivity contribution in [3.05, 3.63) is 48.3 Å². The number of methoxy groups -OCH3 is 1. The van der Waals surface area contributed by atoms with Crippen molar-refractivity contribution in [3.63, 3.8) is 0 Å². The van der Waals surface area contributed by atoms with E-state index >= 15 is 0 Å². The van der Waals surface area contributed by atoms with Crippen molar-refractivity contribution in [2.24, 2.45) is 5.92 Å². The highest BCUT2D eigenvalue weighted by Gasteiger charge is 2.19. The van der Waals surface area contributed by atoms with Crippen LogP contribution in [0.2, 0.25) is 0 Å². The second-order valence-corrected chi connectivity index (χ2v) is 5.08. The van der Waals surface area contributed by atoms with Crippen molar-refractivity contribution in [2.75, 3.05) is 20.8 Å². The van der Waals surface area contributed by atoms with Gasteiger partial charge >= 0.3 is 0 Å². The number of hydrogen-bond donors (Lipinski definition) is 1. The zero-order valence-electron chi connectivity index (χ0n) is 12.4. The van der Waals surface area contributed by atoms with Crippen LogP contribution >= 0.6 is 0 Å². The summed E-state index contributed by atoms with van der Waals surface area (Å²) in [4.78, 5) is 0. The molecule has 0 aliphatic heterocycles. The largest absolute Gasteiger partial charge is 0.385 e. The van der Waals surface area contributed by atoms with E-state index in [2.05, 4.69) is 35.7 Å². The molecule has 1 N–H and O–H groups in total. The number of nitrogens with one attached hydrogen (secondary N) is 1. The molecule has 20 heavy (non-hydrogen) atoms. The van der Waals surface area contributed by atoms with Crippen molar-refractivity contribution in [1.82, 2.24) is 15.1 Å². The molecular formula is C16H23N3O. The number of para-hydroxylation sites is 1. The van der Waals surface area contributed by atoms with Crippen LogP contribution < -0.4 is 5.32 Å². The van der Waals surface area contributed by atoms with Crippen molar-refractivity contribution >= 4 is 0 Å². The van der Waals surface area contributed by atoms with E-state index in [1.54, 1.807) is 7.11 Å². The van der Waals surface area contributed by atoms with Gasteiger partial charge in [-0.25, -0.2) is 4.68 Å². The molecule has 0 fully saturated rings. The van der Waals surface area contributed by atoms with Gasteiger partial charge < -0.3 is 10.1 Å². The molecule has 0 amide bonds. The van der Waals surface area contributed by atoms with Gasteiger partial charge in [0.05, 0.1) is 11.9 Å². The van der Waals surface area contributed by atoms with Gasteiger partial charge in [0.15, 0.2) is 0 Å². The maximum atomic E-state index is 5.17. The first kappa shape index (κ1) is 14.8. The van der Waals surface area contributed by atoms with Crippen LogP contribution in [-0.4, -0.2) is 30.5 Å². The fourth-order valence-corrected chi connectivity index (χ4v) is 2.47. The molecule has 0 aliphatic rings. The molecule has 0 bridgehead atoms. The summed E-state index contributed by atoms with van der Waals surface area (Å²) < 4.78 is 7.09. The lowest BCUT2D eigenvalue weighted by atomic mass is 9.94. The highest BCUT2D eigenvalue weighted by molar-refractivity contribution is 5.31.